The number of rotatable bonds is 3. The minimum atomic E-state index is -0.889. The number of aliphatic hydroxyl groups excluding tert-OH is 1. The lowest BCUT2D eigenvalue weighted by Gasteiger charge is -2.34. The zero-order valence-corrected chi connectivity index (χ0v) is 9.53. The quantitative estimate of drug-likeness (QED) is 0.684. The second-order valence-corrected chi connectivity index (χ2v) is 5.09. The van der Waals surface area contributed by atoms with E-state index in [2.05, 4.69) is 13.8 Å². The molecule has 1 rings (SSSR count). The zero-order valence-electron chi connectivity index (χ0n) is 9.53. The van der Waals surface area contributed by atoms with Crippen LogP contribution in [0.15, 0.2) is 0 Å². The van der Waals surface area contributed by atoms with Crippen molar-refractivity contribution in [2.75, 3.05) is 6.61 Å². The van der Waals surface area contributed by atoms with Crippen LogP contribution < -0.4 is 5.73 Å². The summed E-state index contributed by atoms with van der Waals surface area (Å²) in [6.07, 6.45) is 3.93. The van der Waals surface area contributed by atoms with E-state index in [0.29, 0.717) is 5.41 Å². The molecule has 0 aliphatic heterocycles. The van der Waals surface area contributed by atoms with Crippen LogP contribution >= 0.6 is 0 Å². The summed E-state index contributed by atoms with van der Waals surface area (Å²) in [6, 6.07) is -0.889. The largest absolute Gasteiger partial charge is 0.461 e. The van der Waals surface area contributed by atoms with E-state index >= 15 is 0 Å². The van der Waals surface area contributed by atoms with Crippen LogP contribution in [0.5, 0.6) is 0 Å². The molecule has 0 bridgehead atoms. The van der Waals surface area contributed by atoms with Gasteiger partial charge in [-0.05, 0) is 31.1 Å². The normalized spacial score (nSPS) is 23.5. The summed E-state index contributed by atoms with van der Waals surface area (Å²) in [5, 5.41) is 8.69. The number of carbonyl (C=O) groups is 1. The van der Waals surface area contributed by atoms with E-state index in [4.69, 9.17) is 15.6 Å². The van der Waals surface area contributed by atoms with Gasteiger partial charge in [0.1, 0.15) is 12.1 Å². The molecule has 0 aromatic carbocycles. The van der Waals surface area contributed by atoms with Crippen LogP contribution in [0, 0.1) is 5.41 Å². The van der Waals surface area contributed by atoms with Gasteiger partial charge in [0.25, 0.3) is 0 Å². The zero-order chi connectivity index (χ0) is 11.5. The van der Waals surface area contributed by atoms with Gasteiger partial charge in [0.2, 0.25) is 0 Å². The van der Waals surface area contributed by atoms with E-state index in [1.165, 1.54) is 0 Å². The number of nitrogens with two attached hydrogens (primary N) is 1. The highest BCUT2D eigenvalue weighted by molar-refractivity contribution is 5.75. The lowest BCUT2D eigenvalue weighted by molar-refractivity contribution is -0.154. The van der Waals surface area contributed by atoms with E-state index in [0.717, 1.165) is 25.7 Å². The van der Waals surface area contributed by atoms with Gasteiger partial charge in [0.15, 0.2) is 0 Å². The van der Waals surface area contributed by atoms with E-state index in [9.17, 15) is 4.79 Å². The van der Waals surface area contributed by atoms with Crippen molar-refractivity contribution < 1.29 is 14.6 Å². The van der Waals surface area contributed by atoms with Gasteiger partial charge in [-0.25, -0.2) is 0 Å². The molecule has 0 unspecified atom stereocenters. The molecule has 1 atom stereocenters. The maximum absolute atomic E-state index is 11.3. The van der Waals surface area contributed by atoms with Crippen molar-refractivity contribution in [3.63, 3.8) is 0 Å². The molecule has 0 heterocycles. The first kappa shape index (κ1) is 12.5. The molecule has 4 heteroatoms. The third kappa shape index (κ3) is 3.80. The minimum absolute atomic E-state index is 0.0110. The summed E-state index contributed by atoms with van der Waals surface area (Å²) in [6.45, 7) is 4.10. The predicted molar refractivity (Wildman–Crippen MR) is 57.2 cm³/mol. The predicted octanol–water partition coefficient (Wildman–Crippen LogP) is 0.818. The number of hydrogen-bond donors (Lipinski definition) is 2. The van der Waals surface area contributed by atoms with Gasteiger partial charge in [-0.3, -0.25) is 4.79 Å². The topological polar surface area (TPSA) is 72.5 Å². The number of carbonyl (C=O) groups excluding carboxylic acids is 1. The average Bonchev–Trinajstić information content (AvgIpc) is 2.20. The van der Waals surface area contributed by atoms with Crippen molar-refractivity contribution in [1.82, 2.24) is 0 Å². The number of aliphatic hydroxyl groups is 1. The molecule has 1 aliphatic rings. The molecule has 1 fully saturated rings. The van der Waals surface area contributed by atoms with Crippen molar-refractivity contribution in [3.05, 3.63) is 0 Å². The first-order valence-electron chi connectivity index (χ1n) is 5.51. The lowest BCUT2D eigenvalue weighted by Crippen LogP contribution is -2.39. The lowest BCUT2D eigenvalue weighted by atomic mass is 9.76. The number of ether oxygens (including phenoxy) is 1. The van der Waals surface area contributed by atoms with E-state index in [1.807, 2.05) is 0 Å². The molecule has 0 amide bonds. The van der Waals surface area contributed by atoms with Gasteiger partial charge in [-0.2, -0.15) is 0 Å². The molecular formula is C11H21NO3. The smallest absolute Gasteiger partial charge is 0.325 e. The molecule has 3 N–H and O–H groups in total. The van der Waals surface area contributed by atoms with Crippen molar-refractivity contribution >= 4 is 5.97 Å². The fourth-order valence-electron chi connectivity index (χ4n) is 1.82. The molecule has 0 radical (unpaired) electrons. The van der Waals surface area contributed by atoms with Crippen LogP contribution in [0.2, 0.25) is 0 Å². The van der Waals surface area contributed by atoms with Gasteiger partial charge in [0.05, 0.1) is 6.61 Å². The van der Waals surface area contributed by atoms with Crippen LogP contribution in [0.4, 0.5) is 0 Å². The van der Waals surface area contributed by atoms with Gasteiger partial charge in [-0.15, -0.1) is 0 Å². The Bertz CT molecular complexity index is 218. The fourth-order valence-corrected chi connectivity index (χ4v) is 1.82. The summed E-state index contributed by atoms with van der Waals surface area (Å²) >= 11 is 0. The molecule has 0 saturated heterocycles. The molecule has 0 aromatic rings. The minimum Gasteiger partial charge on any atom is -0.461 e. The van der Waals surface area contributed by atoms with Crippen LogP contribution in [-0.4, -0.2) is 29.8 Å². The molecule has 0 aromatic heterocycles. The fraction of sp³-hybridized carbons (Fsp3) is 0.909. The highest BCUT2D eigenvalue weighted by Crippen LogP contribution is 2.36. The van der Waals surface area contributed by atoms with Crippen molar-refractivity contribution in [3.8, 4) is 0 Å². The first-order chi connectivity index (χ1) is 6.94. The maximum Gasteiger partial charge on any atom is 0.325 e. The van der Waals surface area contributed by atoms with Crippen LogP contribution in [0.3, 0.4) is 0 Å². The highest BCUT2D eigenvalue weighted by Gasteiger charge is 2.29. The van der Waals surface area contributed by atoms with Gasteiger partial charge in [-0.1, -0.05) is 13.8 Å². The van der Waals surface area contributed by atoms with Crippen molar-refractivity contribution in [2.24, 2.45) is 11.1 Å². The van der Waals surface area contributed by atoms with E-state index in [1.54, 1.807) is 0 Å². The number of esters is 1. The average molecular weight is 215 g/mol. The molecule has 0 spiro atoms. The second kappa shape index (κ2) is 4.94. The standard InChI is InChI=1S/C11H21NO3/c1-11(2)5-3-8(4-6-11)15-10(14)9(12)7-13/h8-9,13H,3-7,12H2,1-2H3/t9-/m0/s1. The molecule has 88 valence electrons. The van der Waals surface area contributed by atoms with Crippen LogP contribution in [-0.2, 0) is 9.53 Å². The number of hydrogen-bond acceptors (Lipinski definition) is 4. The van der Waals surface area contributed by atoms with E-state index < -0.39 is 12.0 Å². The van der Waals surface area contributed by atoms with Gasteiger partial charge < -0.3 is 15.6 Å². The third-order valence-electron chi connectivity index (χ3n) is 3.07. The Hall–Kier alpha value is -0.610. The monoisotopic (exact) mass is 215 g/mol. The van der Waals surface area contributed by atoms with Crippen LogP contribution in [0.1, 0.15) is 39.5 Å². The Morgan fingerprint density at radius 3 is 2.53 bits per heavy atom. The molecular weight excluding hydrogens is 194 g/mol. The molecule has 15 heavy (non-hydrogen) atoms. The van der Waals surface area contributed by atoms with Crippen LogP contribution in [0.25, 0.3) is 0 Å². The Balaban J connectivity index is 2.33. The molecule has 1 saturated carbocycles. The Labute approximate surface area is 90.8 Å². The summed E-state index contributed by atoms with van der Waals surface area (Å²) in [7, 11) is 0. The first-order valence-corrected chi connectivity index (χ1v) is 5.51. The summed E-state index contributed by atoms with van der Waals surface area (Å²) < 4.78 is 5.21. The molecule has 1 aliphatic carbocycles. The van der Waals surface area contributed by atoms with Crippen molar-refractivity contribution in [1.29, 1.82) is 0 Å². The Morgan fingerprint density at radius 1 is 1.53 bits per heavy atom. The highest BCUT2D eigenvalue weighted by atomic mass is 16.5. The summed E-state index contributed by atoms with van der Waals surface area (Å²) in [5.74, 6) is -0.484. The third-order valence-corrected chi connectivity index (χ3v) is 3.07. The molecule has 4 nitrogen and oxygen atoms in total. The maximum atomic E-state index is 11.3. The summed E-state index contributed by atoms with van der Waals surface area (Å²) in [4.78, 5) is 11.3. The Kier molecular flexibility index (Phi) is 4.11. The van der Waals surface area contributed by atoms with E-state index in [-0.39, 0.29) is 12.7 Å². The van der Waals surface area contributed by atoms with Gasteiger partial charge >= 0.3 is 5.97 Å². The summed E-state index contributed by atoms with van der Waals surface area (Å²) in [5.41, 5.74) is 5.73. The Morgan fingerprint density at radius 2 is 2.07 bits per heavy atom. The van der Waals surface area contributed by atoms with Crippen molar-refractivity contribution in [2.45, 2.75) is 51.7 Å². The second-order valence-electron chi connectivity index (χ2n) is 5.09. The van der Waals surface area contributed by atoms with Gasteiger partial charge in [0, 0.05) is 0 Å². The SMILES string of the molecule is CC1(C)CCC(OC(=O)[C@@H](N)CO)CC1.